The standard InChI is InChI=1S/C10H11N3O/c1-13-7-5-3-2-4-6(7)8(11)9(12)10(13)14/h2-5H,11-12H2,1H3. The van der Waals surface area contributed by atoms with Crippen molar-refractivity contribution < 1.29 is 0 Å². The fourth-order valence-corrected chi connectivity index (χ4v) is 1.54. The number of nitrogens with zero attached hydrogens (tertiary/aromatic N) is 1. The zero-order valence-electron chi connectivity index (χ0n) is 7.82. The molecule has 1 aromatic heterocycles. The van der Waals surface area contributed by atoms with E-state index in [0.29, 0.717) is 5.69 Å². The lowest BCUT2D eigenvalue weighted by Crippen LogP contribution is -2.22. The lowest BCUT2D eigenvalue weighted by Gasteiger charge is -2.09. The molecule has 1 aromatic carbocycles. The van der Waals surface area contributed by atoms with E-state index < -0.39 is 0 Å². The molecule has 1 heterocycles. The maximum Gasteiger partial charge on any atom is 0.276 e. The van der Waals surface area contributed by atoms with Crippen LogP contribution in [0.5, 0.6) is 0 Å². The van der Waals surface area contributed by atoms with Crippen LogP contribution in [-0.2, 0) is 7.05 Å². The van der Waals surface area contributed by atoms with Gasteiger partial charge in [0.05, 0.1) is 11.2 Å². The average Bonchev–Trinajstić information content (AvgIpc) is 2.23. The summed E-state index contributed by atoms with van der Waals surface area (Å²) in [4.78, 5) is 11.6. The van der Waals surface area contributed by atoms with E-state index in [-0.39, 0.29) is 11.2 Å². The summed E-state index contributed by atoms with van der Waals surface area (Å²) in [5.74, 6) is 0. The quantitative estimate of drug-likeness (QED) is 0.640. The minimum Gasteiger partial charge on any atom is -0.396 e. The van der Waals surface area contributed by atoms with Crippen LogP contribution in [-0.4, -0.2) is 4.57 Å². The first kappa shape index (κ1) is 8.62. The number of hydrogen-bond donors (Lipinski definition) is 2. The zero-order valence-corrected chi connectivity index (χ0v) is 7.82. The van der Waals surface area contributed by atoms with Crippen molar-refractivity contribution in [1.82, 2.24) is 4.57 Å². The molecule has 0 radical (unpaired) electrons. The number of nitrogens with two attached hydrogens (primary N) is 2. The van der Waals surface area contributed by atoms with Gasteiger partial charge in [0.2, 0.25) is 0 Å². The molecular weight excluding hydrogens is 178 g/mol. The molecule has 0 saturated carbocycles. The monoisotopic (exact) mass is 189 g/mol. The molecule has 2 aromatic rings. The van der Waals surface area contributed by atoms with Gasteiger partial charge >= 0.3 is 0 Å². The van der Waals surface area contributed by atoms with Crippen molar-refractivity contribution in [1.29, 1.82) is 0 Å². The van der Waals surface area contributed by atoms with Crippen LogP contribution in [0.4, 0.5) is 11.4 Å². The SMILES string of the molecule is Cn1c(=O)c(N)c(N)c2ccccc21. The van der Waals surface area contributed by atoms with Crippen LogP contribution >= 0.6 is 0 Å². The number of pyridine rings is 1. The predicted molar refractivity (Wildman–Crippen MR) is 58.0 cm³/mol. The van der Waals surface area contributed by atoms with Gasteiger partial charge in [-0.05, 0) is 6.07 Å². The van der Waals surface area contributed by atoms with Gasteiger partial charge in [0.15, 0.2) is 0 Å². The Labute approximate surface area is 80.7 Å². The van der Waals surface area contributed by atoms with Crippen molar-refractivity contribution in [2.24, 2.45) is 7.05 Å². The topological polar surface area (TPSA) is 74.0 Å². The van der Waals surface area contributed by atoms with Crippen molar-refractivity contribution in [2.45, 2.75) is 0 Å². The van der Waals surface area contributed by atoms with Crippen molar-refractivity contribution in [3.63, 3.8) is 0 Å². The molecule has 0 aliphatic carbocycles. The van der Waals surface area contributed by atoms with E-state index in [9.17, 15) is 4.79 Å². The molecule has 4 heteroatoms. The minimum absolute atomic E-state index is 0.117. The van der Waals surface area contributed by atoms with Crippen LogP contribution in [0.25, 0.3) is 10.9 Å². The van der Waals surface area contributed by atoms with E-state index in [1.165, 1.54) is 4.57 Å². The number of hydrogen-bond acceptors (Lipinski definition) is 3. The molecule has 0 amide bonds. The summed E-state index contributed by atoms with van der Waals surface area (Å²) in [6.45, 7) is 0. The van der Waals surface area contributed by atoms with E-state index in [2.05, 4.69) is 0 Å². The molecule has 0 fully saturated rings. The molecule has 0 unspecified atom stereocenters. The van der Waals surface area contributed by atoms with Crippen molar-refractivity contribution >= 4 is 22.3 Å². The molecule has 4 N–H and O–H groups in total. The van der Waals surface area contributed by atoms with Gasteiger partial charge in [-0.25, -0.2) is 0 Å². The fourth-order valence-electron chi connectivity index (χ4n) is 1.54. The number of anilines is 2. The highest BCUT2D eigenvalue weighted by atomic mass is 16.1. The van der Waals surface area contributed by atoms with E-state index in [1.54, 1.807) is 7.05 Å². The van der Waals surface area contributed by atoms with Gasteiger partial charge in [0, 0.05) is 12.4 Å². The minimum atomic E-state index is -0.249. The molecular formula is C10H11N3O. The number of aryl methyl sites for hydroxylation is 1. The summed E-state index contributed by atoms with van der Waals surface area (Å²) < 4.78 is 1.50. The van der Waals surface area contributed by atoms with E-state index in [0.717, 1.165) is 10.9 Å². The first-order chi connectivity index (χ1) is 6.63. The second-order valence-electron chi connectivity index (χ2n) is 3.21. The molecule has 0 atom stereocenters. The smallest absolute Gasteiger partial charge is 0.276 e. The number of para-hydroxylation sites is 1. The highest BCUT2D eigenvalue weighted by molar-refractivity contribution is 5.95. The van der Waals surface area contributed by atoms with Gasteiger partial charge in [-0.15, -0.1) is 0 Å². The summed E-state index contributed by atoms with van der Waals surface area (Å²) >= 11 is 0. The first-order valence-electron chi connectivity index (χ1n) is 4.25. The summed E-state index contributed by atoms with van der Waals surface area (Å²) in [6.07, 6.45) is 0. The first-order valence-corrected chi connectivity index (χ1v) is 4.25. The summed E-state index contributed by atoms with van der Waals surface area (Å²) in [5, 5.41) is 0.812. The highest BCUT2D eigenvalue weighted by Crippen LogP contribution is 2.22. The third kappa shape index (κ3) is 0.970. The second-order valence-corrected chi connectivity index (χ2v) is 3.21. The van der Waals surface area contributed by atoms with E-state index in [1.807, 2.05) is 24.3 Å². The van der Waals surface area contributed by atoms with Gasteiger partial charge < -0.3 is 16.0 Å². The molecule has 0 aliphatic heterocycles. The Bertz CT molecular complexity index is 557. The Kier molecular flexibility index (Phi) is 1.70. The average molecular weight is 189 g/mol. The van der Waals surface area contributed by atoms with Crippen molar-refractivity contribution in [3.8, 4) is 0 Å². The summed E-state index contributed by atoms with van der Waals surface area (Å²) in [6, 6.07) is 7.41. The zero-order chi connectivity index (χ0) is 10.3. The van der Waals surface area contributed by atoms with Crippen LogP contribution in [0.2, 0.25) is 0 Å². The van der Waals surface area contributed by atoms with E-state index in [4.69, 9.17) is 11.5 Å². The molecule has 14 heavy (non-hydrogen) atoms. The maximum atomic E-state index is 11.6. The van der Waals surface area contributed by atoms with Crippen LogP contribution in [0.1, 0.15) is 0 Å². The van der Waals surface area contributed by atoms with Gasteiger partial charge in [0.1, 0.15) is 5.69 Å². The number of nitrogen functional groups attached to an aromatic ring is 2. The van der Waals surface area contributed by atoms with Crippen molar-refractivity contribution in [2.75, 3.05) is 11.5 Å². The number of fused-ring (bicyclic) bond motifs is 1. The molecule has 0 bridgehead atoms. The number of rotatable bonds is 0. The van der Waals surface area contributed by atoms with Crippen LogP contribution < -0.4 is 17.0 Å². The third-order valence-electron chi connectivity index (χ3n) is 2.38. The third-order valence-corrected chi connectivity index (χ3v) is 2.38. The largest absolute Gasteiger partial charge is 0.396 e. The van der Waals surface area contributed by atoms with Crippen molar-refractivity contribution in [3.05, 3.63) is 34.6 Å². The van der Waals surface area contributed by atoms with Gasteiger partial charge in [0.25, 0.3) is 5.56 Å². The number of aromatic nitrogens is 1. The van der Waals surface area contributed by atoms with Gasteiger partial charge in [-0.3, -0.25) is 4.79 Å². The van der Waals surface area contributed by atoms with Crippen LogP contribution in [0.3, 0.4) is 0 Å². The Morgan fingerprint density at radius 3 is 2.50 bits per heavy atom. The number of benzene rings is 1. The van der Waals surface area contributed by atoms with E-state index >= 15 is 0 Å². The lowest BCUT2D eigenvalue weighted by molar-refractivity contribution is 0.911. The highest BCUT2D eigenvalue weighted by Gasteiger charge is 2.08. The fraction of sp³-hybridized carbons (Fsp3) is 0.100. The Hall–Kier alpha value is -1.97. The normalized spacial score (nSPS) is 10.6. The maximum absolute atomic E-state index is 11.6. The Balaban J connectivity index is 3.10. The molecule has 0 saturated heterocycles. The van der Waals surface area contributed by atoms with Gasteiger partial charge in [-0.1, -0.05) is 18.2 Å². The summed E-state index contributed by atoms with van der Waals surface area (Å²) in [5.41, 5.74) is 12.4. The second kappa shape index (κ2) is 2.77. The molecule has 2 rings (SSSR count). The van der Waals surface area contributed by atoms with Crippen LogP contribution in [0.15, 0.2) is 29.1 Å². The molecule has 0 aliphatic rings. The Morgan fingerprint density at radius 2 is 1.79 bits per heavy atom. The predicted octanol–water partition coefficient (Wildman–Crippen LogP) is 0.703. The molecule has 72 valence electrons. The molecule has 4 nitrogen and oxygen atoms in total. The van der Waals surface area contributed by atoms with Gasteiger partial charge in [-0.2, -0.15) is 0 Å². The molecule has 0 spiro atoms. The van der Waals surface area contributed by atoms with Crippen LogP contribution in [0, 0.1) is 0 Å². The summed E-state index contributed by atoms with van der Waals surface area (Å²) in [7, 11) is 1.68. The Morgan fingerprint density at radius 1 is 1.14 bits per heavy atom. The lowest BCUT2D eigenvalue weighted by atomic mass is 10.1.